The van der Waals surface area contributed by atoms with E-state index in [9.17, 15) is 0 Å². The van der Waals surface area contributed by atoms with Crippen molar-refractivity contribution in [1.82, 2.24) is 9.97 Å². The number of aromatic nitrogens is 2. The van der Waals surface area contributed by atoms with Crippen LogP contribution in [0.5, 0.6) is 0 Å². The number of nitrogens with zero attached hydrogens (tertiary/aromatic N) is 2. The molecule has 15 heavy (non-hydrogen) atoms. The molecule has 1 saturated carbocycles. The van der Waals surface area contributed by atoms with E-state index in [-0.39, 0.29) is 0 Å². The summed E-state index contributed by atoms with van der Waals surface area (Å²) in [4.78, 5) is 8.78. The van der Waals surface area contributed by atoms with Crippen molar-refractivity contribution in [3.05, 3.63) is 30.1 Å². The van der Waals surface area contributed by atoms with Crippen LogP contribution in [0.3, 0.4) is 0 Å². The summed E-state index contributed by atoms with van der Waals surface area (Å²) in [5.41, 5.74) is 8.00. The second-order valence-electron chi connectivity index (χ2n) is 4.13. The molecule has 2 N–H and O–H groups in total. The summed E-state index contributed by atoms with van der Waals surface area (Å²) < 4.78 is 0. The minimum atomic E-state index is 0.610. The summed E-state index contributed by atoms with van der Waals surface area (Å²) in [5, 5.41) is 0.959. The van der Waals surface area contributed by atoms with Crippen molar-refractivity contribution in [2.24, 2.45) is 0 Å². The molecule has 0 aromatic carbocycles. The maximum atomic E-state index is 5.92. The van der Waals surface area contributed by atoms with Crippen LogP contribution in [-0.2, 0) is 0 Å². The Morgan fingerprint density at radius 2 is 2.20 bits per heavy atom. The number of nitrogens with two attached hydrogens (primary N) is 1. The van der Waals surface area contributed by atoms with Gasteiger partial charge in [0.05, 0.1) is 5.52 Å². The third kappa shape index (κ3) is 1.35. The van der Waals surface area contributed by atoms with Crippen LogP contribution in [0, 0.1) is 0 Å². The zero-order valence-corrected chi connectivity index (χ0v) is 8.48. The lowest BCUT2D eigenvalue weighted by atomic mass is 9.82. The summed E-state index contributed by atoms with van der Waals surface area (Å²) in [6.07, 6.45) is 5.59. The van der Waals surface area contributed by atoms with E-state index < -0.39 is 0 Å². The molecular formula is C12H13N3. The molecule has 0 aliphatic heterocycles. The van der Waals surface area contributed by atoms with E-state index in [2.05, 4.69) is 16.0 Å². The van der Waals surface area contributed by atoms with E-state index in [4.69, 9.17) is 5.73 Å². The molecule has 0 unspecified atom stereocenters. The standard InChI is InChI=1S/C12H13N3/c13-12-9-5-2-6-14-11(9)7-10(15-12)8-3-1-4-8/h2,5-8H,1,3-4H2,(H2,13,15). The molecule has 0 saturated heterocycles. The molecule has 2 aromatic heterocycles. The van der Waals surface area contributed by atoms with Crippen molar-refractivity contribution >= 4 is 16.7 Å². The van der Waals surface area contributed by atoms with Gasteiger partial charge in [-0.2, -0.15) is 0 Å². The number of nitrogen functional groups attached to an aromatic ring is 1. The van der Waals surface area contributed by atoms with E-state index in [0.717, 1.165) is 16.6 Å². The van der Waals surface area contributed by atoms with Gasteiger partial charge < -0.3 is 5.73 Å². The van der Waals surface area contributed by atoms with Gasteiger partial charge in [-0.3, -0.25) is 4.98 Å². The normalized spacial score (nSPS) is 16.5. The molecule has 76 valence electrons. The van der Waals surface area contributed by atoms with Crippen LogP contribution in [0.2, 0.25) is 0 Å². The van der Waals surface area contributed by atoms with Crippen LogP contribution in [0.25, 0.3) is 10.9 Å². The van der Waals surface area contributed by atoms with Crippen molar-refractivity contribution in [2.75, 3.05) is 5.73 Å². The Labute approximate surface area is 88.3 Å². The second kappa shape index (κ2) is 3.19. The SMILES string of the molecule is Nc1nc(C2CCC2)cc2ncccc12. The lowest BCUT2D eigenvalue weighted by Crippen LogP contribution is -2.11. The second-order valence-corrected chi connectivity index (χ2v) is 4.13. The molecule has 0 amide bonds. The zero-order chi connectivity index (χ0) is 10.3. The topological polar surface area (TPSA) is 51.8 Å². The van der Waals surface area contributed by atoms with Crippen molar-refractivity contribution in [3.8, 4) is 0 Å². The monoisotopic (exact) mass is 199 g/mol. The van der Waals surface area contributed by atoms with Crippen LogP contribution in [-0.4, -0.2) is 9.97 Å². The number of hydrogen-bond donors (Lipinski definition) is 1. The maximum Gasteiger partial charge on any atom is 0.133 e. The van der Waals surface area contributed by atoms with Crippen molar-refractivity contribution in [2.45, 2.75) is 25.2 Å². The molecule has 0 atom stereocenters. The fourth-order valence-corrected chi connectivity index (χ4v) is 2.03. The van der Waals surface area contributed by atoms with Crippen molar-refractivity contribution < 1.29 is 0 Å². The van der Waals surface area contributed by atoms with Crippen LogP contribution < -0.4 is 5.73 Å². The molecule has 2 heterocycles. The van der Waals surface area contributed by atoms with Gasteiger partial charge >= 0.3 is 0 Å². The van der Waals surface area contributed by atoms with Gasteiger partial charge in [0, 0.05) is 23.2 Å². The number of fused-ring (bicyclic) bond motifs is 1. The molecule has 3 rings (SSSR count). The number of hydrogen-bond acceptors (Lipinski definition) is 3. The highest BCUT2D eigenvalue weighted by Crippen LogP contribution is 2.36. The Kier molecular flexibility index (Phi) is 1.84. The summed E-state index contributed by atoms with van der Waals surface area (Å²) in [6.45, 7) is 0. The smallest absolute Gasteiger partial charge is 0.133 e. The Morgan fingerprint density at radius 1 is 1.33 bits per heavy atom. The third-order valence-corrected chi connectivity index (χ3v) is 3.17. The molecular weight excluding hydrogens is 186 g/mol. The third-order valence-electron chi connectivity index (χ3n) is 3.17. The van der Waals surface area contributed by atoms with Crippen LogP contribution in [0.4, 0.5) is 5.82 Å². The fourth-order valence-electron chi connectivity index (χ4n) is 2.03. The van der Waals surface area contributed by atoms with E-state index in [1.165, 1.54) is 19.3 Å². The van der Waals surface area contributed by atoms with E-state index in [0.29, 0.717) is 11.7 Å². The first-order valence-corrected chi connectivity index (χ1v) is 5.36. The summed E-state index contributed by atoms with van der Waals surface area (Å²) in [6, 6.07) is 5.94. The largest absolute Gasteiger partial charge is 0.383 e. The van der Waals surface area contributed by atoms with E-state index >= 15 is 0 Å². The van der Waals surface area contributed by atoms with Gasteiger partial charge in [0.15, 0.2) is 0 Å². The summed E-state index contributed by atoms with van der Waals surface area (Å²) >= 11 is 0. The van der Waals surface area contributed by atoms with Gasteiger partial charge in [-0.1, -0.05) is 6.42 Å². The maximum absolute atomic E-state index is 5.92. The van der Waals surface area contributed by atoms with Crippen molar-refractivity contribution in [3.63, 3.8) is 0 Å². The number of pyridine rings is 2. The van der Waals surface area contributed by atoms with Gasteiger partial charge in [-0.25, -0.2) is 4.98 Å². The van der Waals surface area contributed by atoms with E-state index in [1.54, 1.807) is 6.20 Å². The van der Waals surface area contributed by atoms with Crippen LogP contribution in [0.1, 0.15) is 30.9 Å². The number of anilines is 1. The van der Waals surface area contributed by atoms with Gasteiger partial charge in [0.25, 0.3) is 0 Å². The van der Waals surface area contributed by atoms with Crippen LogP contribution in [0.15, 0.2) is 24.4 Å². The Hall–Kier alpha value is -1.64. The quantitative estimate of drug-likeness (QED) is 0.767. The molecule has 0 radical (unpaired) electrons. The highest BCUT2D eigenvalue weighted by Gasteiger charge is 2.21. The fraction of sp³-hybridized carbons (Fsp3) is 0.333. The lowest BCUT2D eigenvalue weighted by Gasteiger charge is -2.25. The summed E-state index contributed by atoms with van der Waals surface area (Å²) in [5.74, 6) is 1.22. The Balaban J connectivity index is 2.18. The first kappa shape index (κ1) is 8.65. The zero-order valence-electron chi connectivity index (χ0n) is 8.48. The minimum absolute atomic E-state index is 0.610. The molecule has 1 aliphatic carbocycles. The predicted octanol–water partition coefficient (Wildman–Crippen LogP) is 2.48. The minimum Gasteiger partial charge on any atom is -0.383 e. The van der Waals surface area contributed by atoms with Gasteiger partial charge in [0.2, 0.25) is 0 Å². The first-order valence-electron chi connectivity index (χ1n) is 5.36. The molecule has 2 aromatic rings. The average molecular weight is 199 g/mol. The molecule has 0 spiro atoms. The molecule has 3 heteroatoms. The first-order chi connectivity index (χ1) is 7.34. The molecule has 1 fully saturated rings. The van der Waals surface area contributed by atoms with Crippen molar-refractivity contribution in [1.29, 1.82) is 0 Å². The van der Waals surface area contributed by atoms with Gasteiger partial charge in [-0.15, -0.1) is 0 Å². The summed E-state index contributed by atoms with van der Waals surface area (Å²) in [7, 11) is 0. The molecule has 0 bridgehead atoms. The molecule has 1 aliphatic rings. The molecule has 3 nitrogen and oxygen atoms in total. The van der Waals surface area contributed by atoms with E-state index in [1.807, 2.05) is 12.1 Å². The van der Waals surface area contributed by atoms with Crippen LogP contribution >= 0.6 is 0 Å². The number of rotatable bonds is 1. The Bertz CT molecular complexity index is 503. The highest BCUT2D eigenvalue weighted by molar-refractivity contribution is 5.88. The van der Waals surface area contributed by atoms with Gasteiger partial charge in [0.1, 0.15) is 5.82 Å². The predicted molar refractivity (Wildman–Crippen MR) is 60.5 cm³/mol. The average Bonchev–Trinajstić information content (AvgIpc) is 2.15. The van der Waals surface area contributed by atoms with Gasteiger partial charge in [-0.05, 0) is 31.0 Å². The Morgan fingerprint density at radius 3 is 2.93 bits per heavy atom. The lowest BCUT2D eigenvalue weighted by molar-refractivity contribution is 0.412. The highest BCUT2D eigenvalue weighted by atomic mass is 14.9.